The summed E-state index contributed by atoms with van der Waals surface area (Å²) in [5.41, 5.74) is 3.66. The third-order valence-electron chi connectivity index (χ3n) is 3.18. The van der Waals surface area contributed by atoms with E-state index in [2.05, 4.69) is 10.1 Å². The van der Waals surface area contributed by atoms with Gasteiger partial charge in [0.25, 0.3) is 0 Å². The molecule has 2 N–H and O–H groups in total. The van der Waals surface area contributed by atoms with Crippen LogP contribution >= 0.6 is 0 Å². The number of nitrogens with zero attached hydrogens (tertiary/aromatic N) is 3. The minimum atomic E-state index is 0.694. The summed E-state index contributed by atoms with van der Waals surface area (Å²) in [4.78, 5) is 4.61. The van der Waals surface area contributed by atoms with Crippen LogP contribution in [0.4, 0.5) is 0 Å². The molecule has 0 spiro atoms. The minimum absolute atomic E-state index is 0.694. The van der Waals surface area contributed by atoms with Crippen molar-refractivity contribution in [3.8, 4) is 0 Å². The number of aromatic nitrogens is 2. The zero-order valence-electron chi connectivity index (χ0n) is 10.6. The average Bonchev–Trinajstić information content (AvgIpc) is 2.79. The summed E-state index contributed by atoms with van der Waals surface area (Å²) >= 11 is 0. The first-order valence-corrected chi connectivity index (χ1v) is 6.06. The van der Waals surface area contributed by atoms with E-state index in [0.717, 1.165) is 22.4 Å². The number of benzene rings is 2. The van der Waals surface area contributed by atoms with Crippen molar-refractivity contribution in [1.29, 1.82) is 0 Å². The second-order valence-corrected chi connectivity index (χ2v) is 4.33. The molecule has 0 radical (unpaired) electrons. The molecule has 4 nitrogen and oxygen atoms in total. The summed E-state index contributed by atoms with van der Waals surface area (Å²) in [6.07, 6.45) is 0. The fourth-order valence-electron chi connectivity index (χ4n) is 2.21. The van der Waals surface area contributed by atoms with Gasteiger partial charge < -0.3 is 10.4 Å². The molecular formula is C15H14N4. The Labute approximate surface area is 111 Å². The van der Waals surface area contributed by atoms with Crippen molar-refractivity contribution in [2.75, 3.05) is 0 Å². The smallest absolute Gasteiger partial charge is 0.161 e. The van der Waals surface area contributed by atoms with Crippen molar-refractivity contribution in [3.05, 3.63) is 66.0 Å². The van der Waals surface area contributed by atoms with Gasteiger partial charge in [-0.2, -0.15) is 5.10 Å². The molecule has 0 aliphatic rings. The third kappa shape index (κ3) is 1.87. The van der Waals surface area contributed by atoms with Crippen molar-refractivity contribution in [1.82, 2.24) is 9.55 Å². The van der Waals surface area contributed by atoms with Gasteiger partial charge in [0.2, 0.25) is 0 Å². The van der Waals surface area contributed by atoms with E-state index in [9.17, 15) is 0 Å². The Kier molecular flexibility index (Phi) is 2.76. The van der Waals surface area contributed by atoms with Gasteiger partial charge in [-0.15, -0.1) is 0 Å². The molecule has 0 atom stereocenters. The molecule has 2 aromatic carbocycles. The maximum atomic E-state index is 5.56. The van der Waals surface area contributed by atoms with Gasteiger partial charge in [-0.05, 0) is 12.1 Å². The number of nitrogens with two attached hydrogens (primary N) is 1. The summed E-state index contributed by atoms with van der Waals surface area (Å²) in [7, 11) is 1.97. The molecule has 0 aliphatic heterocycles. The van der Waals surface area contributed by atoms with Crippen molar-refractivity contribution in [3.63, 3.8) is 0 Å². The molecule has 4 heteroatoms. The lowest BCUT2D eigenvalue weighted by molar-refractivity contribution is 0.926. The lowest BCUT2D eigenvalue weighted by Gasteiger charge is -2.05. The molecule has 0 saturated heterocycles. The normalized spacial score (nSPS) is 11.9. The number of hydrogen-bond acceptors (Lipinski definition) is 3. The van der Waals surface area contributed by atoms with Crippen LogP contribution in [0.25, 0.3) is 11.0 Å². The summed E-state index contributed by atoms with van der Waals surface area (Å²) in [6.45, 7) is 0. The summed E-state index contributed by atoms with van der Waals surface area (Å²) in [6, 6.07) is 17.8. The Bertz CT molecular complexity index is 741. The van der Waals surface area contributed by atoms with Crippen molar-refractivity contribution in [2.45, 2.75) is 0 Å². The van der Waals surface area contributed by atoms with Crippen LogP contribution in [-0.4, -0.2) is 15.3 Å². The zero-order chi connectivity index (χ0) is 13.2. The van der Waals surface area contributed by atoms with Gasteiger partial charge in [0.1, 0.15) is 5.71 Å². The van der Waals surface area contributed by atoms with E-state index in [1.165, 1.54) is 0 Å². The molecule has 19 heavy (non-hydrogen) atoms. The Balaban J connectivity index is 2.21. The molecule has 0 bridgehead atoms. The van der Waals surface area contributed by atoms with Gasteiger partial charge >= 0.3 is 0 Å². The molecule has 94 valence electrons. The number of hydrazone groups is 1. The van der Waals surface area contributed by atoms with Crippen LogP contribution in [0, 0.1) is 0 Å². The van der Waals surface area contributed by atoms with E-state index < -0.39 is 0 Å². The SMILES string of the molecule is Cn1c(/C(=N/N)c2ccccc2)nc2ccccc21. The van der Waals surface area contributed by atoms with Crippen LogP contribution in [0.3, 0.4) is 0 Å². The first kappa shape index (κ1) is 11.5. The van der Waals surface area contributed by atoms with E-state index in [1.807, 2.05) is 66.2 Å². The predicted molar refractivity (Wildman–Crippen MR) is 77.0 cm³/mol. The van der Waals surface area contributed by atoms with Crippen molar-refractivity contribution < 1.29 is 0 Å². The number of fused-ring (bicyclic) bond motifs is 1. The van der Waals surface area contributed by atoms with Crippen molar-refractivity contribution in [2.24, 2.45) is 18.0 Å². The monoisotopic (exact) mass is 250 g/mol. The van der Waals surface area contributed by atoms with Crippen LogP contribution in [-0.2, 0) is 7.05 Å². The standard InChI is InChI=1S/C15H14N4/c1-19-13-10-6-5-9-12(13)17-15(19)14(18-16)11-7-3-2-4-8-11/h2-10H,16H2,1H3/b18-14+. The number of hydrogen-bond donors (Lipinski definition) is 1. The number of aryl methyl sites for hydroxylation is 1. The molecule has 0 amide bonds. The van der Waals surface area contributed by atoms with Crippen molar-refractivity contribution >= 4 is 16.7 Å². The molecule has 0 saturated carbocycles. The van der Waals surface area contributed by atoms with Crippen LogP contribution < -0.4 is 5.84 Å². The van der Waals surface area contributed by atoms with Crippen LogP contribution in [0.15, 0.2) is 59.7 Å². The molecule has 0 aliphatic carbocycles. The van der Waals surface area contributed by atoms with Crippen LogP contribution in [0.5, 0.6) is 0 Å². The Morgan fingerprint density at radius 1 is 1.05 bits per heavy atom. The van der Waals surface area contributed by atoms with Gasteiger partial charge in [0, 0.05) is 12.6 Å². The second kappa shape index (κ2) is 4.57. The molecule has 1 aromatic heterocycles. The molecule has 3 aromatic rings. The van der Waals surface area contributed by atoms with Gasteiger partial charge in [-0.25, -0.2) is 4.98 Å². The first-order chi connectivity index (χ1) is 9.31. The van der Waals surface area contributed by atoms with Crippen LogP contribution in [0.2, 0.25) is 0 Å². The fourth-order valence-corrected chi connectivity index (χ4v) is 2.21. The van der Waals surface area contributed by atoms with Gasteiger partial charge in [0.05, 0.1) is 11.0 Å². The number of rotatable bonds is 2. The van der Waals surface area contributed by atoms with E-state index in [1.54, 1.807) is 0 Å². The lowest BCUT2D eigenvalue weighted by Crippen LogP contribution is -2.12. The summed E-state index contributed by atoms with van der Waals surface area (Å²) in [5, 5.41) is 3.92. The van der Waals surface area contributed by atoms with Crippen LogP contribution in [0.1, 0.15) is 11.4 Å². The van der Waals surface area contributed by atoms with Gasteiger partial charge in [-0.1, -0.05) is 42.5 Å². The summed E-state index contributed by atoms with van der Waals surface area (Å²) < 4.78 is 2.01. The lowest BCUT2D eigenvalue weighted by atomic mass is 10.1. The minimum Gasteiger partial charge on any atom is -0.326 e. The zero-order valence-corrected chi connectivity index (χ0v) is 10.6. The molecule has 0 fully saturated rings. The highest BCUT2D eigenvalue weighted by atomic mass is 15.2. The average molecular weight is 250 g/mol. The first-order valence-electron chi connectivity index (χ1n) is 6.06. The third-order valence-corrected chi connectivity index (χ3v) is 3.18. The van der Waals surface area contributed by atoms with E-state index >= 15 is 0 Å². The highest BCUT2D eigenvalue weighted by molar-refractivity contribution is 6.11. The topological polar surface area (TPSA) is 56.2 Å². The Morgan fingerprint density at radius 3 is 2.42 bits per heavy atom. The maximum absolute atomic E-state index is 5.56. The summed E-state index contributed by atoms with van der Waals surface area (Å²) in [5.74, 6) is 6.34. The Hall–Kier alpha value is -2.62. The number of para-hydroxylation sites is 2. The molecule has 3 rings (SSSR count). The fraction of sp³-hybridized carbons (Fsp3) is 0.0667. The van der Waals surface area contributed by atoms with E-state index in [-0.39, 0.29) is 0 Å². The highest BCUT2D eigenvalue weighted by Gasteiger charge is 2.14. The largest absolute Gasteiger partial charge is 0.326 e. The Morgan fingerprint density at radius 2 is 1.74 bits per heavy atom. The highest BCUT2D eigenvalue weighted by Crippen LogP contribution is 2.17. The molecule has 0 unspecified atom stereocenters. The quantitative estimate of drug-likeness (QED) is 0.431. The van der Waals surface area contributed by atoms with E-state index in [0.29, 0.717) is 5.71 Å². The van der Waals surface area contributed by atoms with Gasteiger partial charge in [0.15, 0.2) is 5.82 Å². The number of imidazole rings is 1. The predicted octanol–water partition coefficient (Wildman–Crippen LogP) is 2.28. The molecular weight excluding hydrogens is 236 g/mol. The second-order valence-electron chi connectivity index (χ2n) is 4.33. The van der Waals surface area contributed by atoms with Gasteiger partial charge in [-0.3, -0.25) is 0 Å². The maximum Gasteiger partial charge on any atom is 0.161 e. The van der Waals surface area contributed by atoms with E-state index in [4.69, 9.17) is 5.84 Å². The molecule has 1 heterocycles.